The van der Waals surface area contributed by atoms with E-state index in [0.29, 0.717) is 17.9 Å². The van der Waals surface area contributed by atoms with Crippen LogP contribution in [0.25, 0.3) is 0 Å². The minimum absolute atomic E-state index is 0.334. The lowest BCUT2D eigenvalue weighted by atomic mass is 9.84. The average Bonchev–Trinajstić information content (AvgIpc) is 2.57. The number of rotatable bonds is 9. The van der Waals surface area contributed by atoms with E-state index in [1.807, 2.05) is 48.5 Å². The molecular formula is C23H33O3P. The van der Waals surface area contributed by atoms with Crippen LogP contribution >= 0.6 is 8.60 Å². The summed E-state index contributed by atoms with van der Waals surface area (Å²) < 4.78 is 18.0. The van der Waals surface area contributed by atoms with Gasteiger partial charge in [0.05, 0.1) is 6.61 Å². The molecule has 0 heterocycles. The van der Waals surface area contributed by atoms with Crippen molar-refractivity contribution in [3.63, 3.8) is 0 Å². The first-order valence-corrected chi connectivity index (χ1v) is 10.7. The van der Waals surface area contributed by atoms with Crippen molar-refractivity contribution in [1.29, 1.82) is 0 Å². The second-order valence-electron chi connectivity index (χ2n) is 8.52. The highest BCUT2D eigenvalue weighted by Gasteiger charge is 2.20. The van der Waals surface area contributed by atoms with Gasteiger partial charge in [-0.05, 0) is 62.3 Å². The van der Waals surface area contributed by atoms with E-state index in [2.05, 4.69) is 41.5 Å². The Kier molecular flexibility index (Phi) is 8.13. The molecule has 4 heteroatoms. The third-order valence-electron chi connectivity index (χ3n) is 4.17. The molecule has 2 aromatic carbocycles. The van der Waals surface area contributed by atoms with E-state index in [1.54, 1.807) is 0 Å². The molecule has 3 nitrogen and oxygen atoms in total. The molecule has 1 unspecified atom stereocenters. The van der Waals surface area contributed by atoms with E-state index in [-0.39, 0.29) is 0 Å². The molecule has 1 atom stereocenters. The quantitative estimate of drug-likeness (QED) is 0.417. The lowest BCUT2D eigenvalue weighted by Crippen LogP contribution is -2.12. The van der Waals surface area contributed by atoms with Crippen LogP contribution in [0.5, 0.6) is 11.5 Å². The summed E-state index contributed by atoms with van der Waals surface area (Å²) in [6.07, 6.45) is 2.16. The van der Waals surface area contributed by atoms with Crippen LogP contribution in [0.4, 0.5) is 0 Å². The van der Waals surface area contributed by atoms with E-state index >= 15 is 0 Å². The molecule has 0 aliphatic heterocycles. The number of hydrogen-bond donors (Lipinski definition) is 0. The van der Waals surface area contributed by atoms with Crippen LogP contribution in [0, 0.1) is 25.2 Å². The van der Waals surface area contributed by atoms with Crippen LogP contribution < -0.4 is 9.05 Å². The number of benzene rings is 2. The van der Waals surface area contributed by atoms with E-state index in [0.717, 1.165) is 17.9 Å². The van der Waals surface area contributed by atoms with E-state index in [4.69, 9.17) is 13.6 Å². The number of hydrogen-bond acceptors (Lipinski definition) is 3. The van der Waals surface area contributed by atoms with Crippen molar-refractivity contribution in [1.82, 2.24) is 0 Å². The maximum absolute atomic E-state index is 6.02. The van der Waals surface area contributed by atoms with Crippen LogP contribution in [-0.4, -0.2) is 6.61 Å². The van der Waals surface area contributed by atoms with Crippen LogP contribution in [0.1, 0.15) is 51.7 Å². The Hall–Kier alpha value is -1.57. The Labute approximate surface area is 166 Å². The van der Waals surface area contributed by atoms with Crippen molar-refractivity contribution >= 4 is 8.60 Å². The van der Waals surface area contributed by atoms with Crippen molar-refractivity contribution < 1.29 is 13.6 Å². The van der Waals surface area contributed by atoms with Gasteiger partial charge in [-0.2, -0.15) is 0 Å². The largest absolute Gasteiger partial charge is 0.463 e. The maximum Gasteiger partial charge on any atom is 0.463 e. The van der Waals surface area contributed by atoms with Gasteiger partial charge < -0.3 is 9.05 Å². The molecule has 0 saturated heterocycles. The Morgan fingerprint density at radius 1 is 0.815 bits per heavy atom. The topological polar surface area (TPSA) is 27.7 Å². The van der Waals surface area contributed by atoms with Crippen molar-refractivity contribution in [2.45, 2.75) is 54.4 Å². The number of aryl methyl sites for hydroxylation is 2. The van der Waals surface area contributed by atoms with E-state index in [9.17, 15) is 0 Å². The summed E-state index contributed by atoms with van der Waals surface area (Å²) in [6.45, 7) is 13.8. The van der Waals surface area contributed by atoms with Gasteiger partial charge in [0.2, 0.25) is 0 Å². The molecule has 148 valence electrons. The molecule has 2 aromatic rings. The average molecular weight is 388 g/mol. The minimum Gasteiger partial charge on any atom is -0.418 e. The Morgan fingerprint density at radius 2 is 1.26 bits per heavy atom. The van der Waals surface area contributed by atoms with Crippen LogP contribution in [-0.2, 0) is 4.52 Å². The van der Waals surface area contributed by atoms with Gasteiger partial charge in [0.1, 0.15) is 11.5 Å². The van der Waals surface area contributed by atoms with Gasteiger partial charge >= 0.3 is 8.60 Å². The van der Waals surface area contributed by atoms with Crippen molar-refractivity contribution in [3.05, 3.63) is 59.7 Å². The second-order valence-corrected chi connectivity index (χ2v) is 9.59. The first-order chi connectivity index (χ1) is 12.7. The Balaban J connectivity index is 1.95. The van der Waals surface area contributed by atoms with Gasteiger partial charge in [-0.25, -0.2) is 0 Å². The molecule has 0 bridgehead atoms. The lowest BCUT2D eigenvalue weighted by molar-refractivity contribution is 0.221. The molecule has 0 saturated carbocycles. The predicted molar refractivity (Wildman–Crippen MR) is 114 cm³/mol. The highest BCUT2D eigenvalue weighted by molar-refractivity contribution is 7.42. The van der Waals surface area contributed by atoms with Crippen molar-refractivity contribution in [2.75, 3.05) is 6.61 Å². The van der Waals surface area contributed by atoms with Gasteiger partial charge in [0.25, 0.3) is 0 Å². The minimum atomic E-state index is -1.50. The molecule has 27 heavy (non-hydrogen) atoms. The predicted octanol–water partition coefficient (Wildman–Crippen LogP) is 7.47. The molecule has 0 aliphatic rings. The maximum atomic E-state index is 6.02. The zero-order valence-corrected chi connectivity index (χ0v) is 18.4. The molecule has 0 fully saturated rings. The first-order valence-electron chi connectivity index (χ1n) is 9.63. The summed E-state index contributed by atoms with van der Waals surface area (Å²) in [7, 11) is -1.50. The fourth-order valence-corrected chi connectivity index (χ4v) is 3.90. The Morgan fingerprint density at radius 3 is 1.67 bits per heavy atom. The molecule has 2 rings (SSSR count). The third-order valence-corrected chi connectivity index (χ3v) is 5.28. The molecule has 0 amide bonds. The third kappa shape index (κ3) is 8.77. The molecule has 0 aromatic heterocycles. The summed E-state index contributed by atoms with van der Waals surface area (Å²) in [5.74, 6) is 2.13. The van der Waals surface area contributed by atoms with Gasteiger partial charge in [-0.15, -0.1) is 0 Å². The molecule has 0 spiro atoms. The Bertz CT molecular complexity index is 627. The first kappa shape index (κ1) is 21.7. The van der Waals surface area contributed by atoms with Crippen molar-refractivity contribution in [3.8, 4) is 11.5 Å². The summed E-state index contributed by atoms with van der Waals surface area (Å²) in [5.41, 5.74) is 2.73. The van der Waals surface area contributed by atoms with Crippen molar-refractivity contribution in [2.24, 2.45) is 11.3 Å². The van der Waals surface area contributed by atoms with Crippen LogP contribution in [0.3, 0.4) is 0 Å². The van der Waals surface area contributed by atoms with Gasteiger partial charge in [0, 0.05) is 0 Å². The zero-order chi connectivity index (χ0) is 19.9. The molecule has 0 N–H and O–H groups in total. The molecule has 0 radical (unpaired) electrons. The normalized spacial score (nSPS) is 12.9. The van der Waals surface area contributed by atoms with Gasteiger partial charge in [-0.1, -0.05) is 63.1 Å². The van der Waals surface area contributed by atoms with E-state index < -0.39 is 8.60 Å². The molecular weight excluding hydrogens is 355 g/mol. The summed E-state index contributed by atoms with van der Waals surface area (Å²) in [4.78, 5) is 0. The SMILES string of the molecule is Cc1ccc(OP(OCCC(C)CC(C)(C)C)Oc2ccc(C)cc2)cc1. The summed E-state index contributed by atoms with van der Waals surface area (Å²) >= 11 is 0. The monoisotopic (exact) mass is 388 g/mol. The van der Waals surface area contributed by atoms with Gasteiger partial charge in [-0.3, -0.25) is 4.52 Å². The summed E-state index contributed by atoms with van der Waals surface area (Å²) in [6, 6.07) is 15.9. The van der Waals surface area contributed by atoms with Crippen LogP contribution in [0.2, 0.25) is 0 Å². The second kappa shape index (κ2) is 10.1. The fraction of sp³-hybridized carbons (Fsp3) is 0.478. The summed E-state index contributed by atoms with van der Waals surface area (Å²) in [5, 5.41) is 0. The molecule has 0 aliphatic carbocycles. The zero-order valence-electron chi connectivity index (χ0n) is 17.5. The van der Waals surface area contributed by atoms with Gasteiger partial charge in [0.15, 0.2) is 0 Å². The fourth-order valence-electron chi connectivity index (χ4n) is 2.92. The smallest absolute Gasteiger partial charge is 0.418 e. The van der Waals surface area contributed by atoms with Crippen LogP contribution in [0.15, 0.2) is 48.5 Å². The standard InChI is InChI=1S/C23H33O3P/c1-18-7-11-21(12-8-18)25-27(26-22-13-9-19(2)10-14-22)24-16-15-20(3)17-23(4,5)6/h7-14,20H,15-17H2,1-6H3. The highest BCUT2D eigenvalue weighted by Crippen LogP contribution is 2.42. The highest BCUT2D eigenvalue weighted by atomic mass is 31.2. The van der Waals surface area contributed by atoms with E-state index in [1.165, 1.54) is 17.5 Å². The lowest BCUT2D eigenvalue weighted by Gasteiger charge is -2.23.